The van der Waals surface area contributed by atoms with E-state index in [9.17, 15) is 8.76 Å². The summed E-state index contributed by atoms with van der Waals surface area (Å²) < 4.78 is 22.0. The Labute approximate surface area is 127 Å². The van der Waals surface area contributed by atoms with E-state index in [1.165, 1.54) is 12.3 Å². The minimum atomic E-state index is -2.43. The normalized spacial score (nSPS) is 12.2. The second-order valence-corrected chi connectivity index (χ2v) is 4.49. The predicted molar refractivity (Wildman–Crippen MR) is 58.9 cm³/mol. The van der Waals surface area contributed by atoms with Gasteiger partial charge in [0, 0.05) is 11.6 Å². The van der Waals surface area contributed by atoms with E-state index >= 15 is 0 Å². The Morgan fingerprint density at radius 2 is 1.88 bits per heavy atom. The summed E-state index contributed by atoms with van der Waals surface area (Å²) in [6, 6.07) is 4.72. The Morgan fingerprint density at radius 3 is 2.50 bits per heavy atom. The van der Waals surface area contributed by atoms with Gasteiger partial charge in [0.15, 0.2) is 0 Å². The van der Waals surface area contributed by atoms with Crippen molar-refractivity contribution >= 4 is 45.2 Å². The Bertz CT molecular complexity index is 564. The summed E-state index contributed by atoms with van der Waals surface area (Å²) in [7, 11) is 0. The Kier molecular flexibility index (Phi) is 5.19. The van der Waals surface area contributed by atoms with E-state index in [-0.39, 0.29) is 39.5 Å². The van der Waals surface area contributed by atoms with E-state index in [2.05, 4.69) is 4.98 Å². The van der Waals surface area contributed by atoms with Crippen LogP contribution in [0.2, 0.25) is 10.0 Å². The largest absolute Gasteiger partial charge is 1.00 e. The molecule has 3 nitrogen and oxygen atoms in total. The van der Waals surface area contributed by atoms with E-state index in [1.54, 1.807) is 12.1 Å². The molecule has 2 rings (SSSR count). The number of hydrogen-bond donors (Lipinski definition) is 0. The first-order valence-electron chi connectivity index (χ1n) is 3.93. The van der Waals surface area contributed by atoms with Gasteiger partial charge >= 0.3 is 29.6 Å². The van der Waals surface area contributed by atoms with Crippen molar-refractivity contribution in [3.05, 3.63) is 34.4 Å². The van der Waals surface area contributed by atoms with Crippen LogP contribution in [-0.2, 0) is 11.1 Å². The first-order valence-corrected chi connectivity index (χ1v) is 5.76. The maximum absolute atomic E-state index is 11.0. The van der Waals surface area contributed by atoms with Crippen molar-refractivity contribution in [2.75, 3.05) is 0 Å². The zero-order chi connectivity index (χ0) is 11.0. The second kappa shape index (κ2) is 5.78. The SMILES string of the molecule is O=S([O-])c1c(Cl)ccc2c(Cl)ccnc12.[Na+]. The number of pyridine rings is 1. The van der Waals surface area contributed by atoms with Gasteiger partial charge in [0.05, 0.1) is 20.5 Å². The molecule has 1 unspecified atom stereocenters. The summed E-state index contributed by atoms with van der Waals surface area (Å²) in [5.41, 5.74) is 0.295. The molecule has 0 bridgehead atoms. The van der Waals surface area contributed by atoms with Gasteiger partial charge in [-0.1, -0.05) is 23.2 Å². The fraction of sp³-hybridized carbons (Fsp3) is 0. The van der Waals surface area contributed by atoms with Crippen LogP contribution in [-0.4, -0.2) is 13.7 Å². The van der Waals surface area contributed by atoms with E-state index in [0.29, 0.717) is 15.9 Å². The summed E-state index contributed by atoms with van der Waals surface area (Å²) in [5, 5.41) is 1.16. The van der Waals surface area contributed by atoms with Gasteiger partial charge in [-0.2, -0.15) is 0 Å². The third kappa shape index (κ3) is 2.59. The average molecular weight is 284 g/mol. The van der Waals surface area contributed by atoms with E-state index in [0.717, 1.165) is 0 Å². The van der Waals surface area contributed by atoms with Crippen molar-refractivity contribution in [2.24, 2.45) is 0 Å². The van der Waals surface area contributed by atoms with Crippen molar-refractivity contribution in [3.8, 4) is 0 Å². The number of nitrogens with zero attached hydrogens (tertiary/aromatic N) is 1. The molecule has 0 saturated heterocycles. The standard InChI is InChI=1S/C9H5Cl2NO2S.Na/c10-6-3-4-12-8-5(6)1-2-7(11)9(8)15(13)14;/h1-4H,(H,13,14);/q;+1/p-1. The third-order valence-corrected chi connectivity index (χ3v) is 3.44. The molecule has 2 aromatic rings. The summed E-state index contributed by atoms with van der Waals surface area (Å²) in [4.78, 5) is 3.95. The molecule has 0 fully saturated rings. The number of rotatable bonds is 1. The van der Waals surface area contributed by atoms with Crippen LogP contribution in [0.25, 0.3) is 10.9 Å². The van der Waals surface area contributed by atoms with E-state index in [1.807, 2.05) is 0 Å². The van der Waals surface area contributed by atoms with Crippen molar-refractivity contribution in [3.63, 3.8) is 0 Å². The zero-order valence-electron chi connectivity index (χ0n) is 8.24. The Morgan fingerprint density at radius 1 is 1.19 bits per heavy atom. The van der Waals surface area contributed by atoms with Gasteiger partial charge in [0.1, 0.15) is 0 Å². The molecule has 7 heteroatoms. The first kappa shape index (κ1) is 14.4. The predicted octanol–water partition coefficient (Wildman–Crippen LogP) is -0.216. The van der Waals surface area contributed by atoms with Gasteiger partial charge in [-0.25, -0.2) is 0 Å². The summed E-state index contributed by atoms with van der Waals surface area (Å²) in [5.74, 6) is 0. The van der Waals surface area contributed by atoms with Gasteiger partial charge in [-0.15, -0.1) is 0 Å². The number of hydrogen-bond acceptors (Lipinski definition) is 3. The van der Waals surface area contributed by atoms with E-state index in [4.69, 9.17) is 23.2 Å². The van der Waals surface area contributed by atoms with Crippen molar-refractivity contribution in [2.45, 2.75) is 4.90 Å². The number of benzene rings is 1. The monoisotopic (exact) mass is 283 g/mol. The van der Waals surface area contributed by atoms with Crippen LogP contribution in [0.5, 0.6) is 0 Å². The van der Waals surface area contributed by atoms with Gasteiger partial charge in [0.25, 0.3) is 0 Å². The smallest absolute Gasteiger partial charge is 0.768 e. The zero-order valence-corrected chi connectivity index (χ0v) is 12.6. The molecule has 0 N–H and O–H groups in total. The topological polar surface area (TPSA) is 53.0 Å². The summed E-state index contributed by atoms with van der Waals surface area (Å²) in [6.45, 7) is 0. The molecule has 0 spiro atoms. The molecule has 1 aromatic carbocycles. The molecular weight excluding hydrogens is 280 g/mol. The molecule has 0 radical (unpaired) electrons. The molecule has 0 amide bonds. The maximum atomic E-state index is 11.0. The second-order valence-electron chi connectivity index (χ2n) is 2.80. The Hall–Kier alpha value is 0.320. The quantitative estimate of drug-likeness (QED) is 0.537. The molecule has 1 aromatic heterocycles. The fourth-order valence-electron chi connectivity index (χ4n) is 1.29. The van der Waals surface area contributed by atoms with Crippen LogP contribution in [0.3, 0.4) is 0 Å². The van der Waals surface area contributed by atoms with Crippen LogP contribution in [0, 0.1) is 0 Å². The average Bonchev–Trinajstić information content (AvgIpc) is 2.17. The minimum Gasteiger partial charge on any atom is -0.768 e. The molecule has 1 heterocycles. The molecular formula is C9H4Cl2NNaO2S. The van der Waals surface area contributed by atoms with Gasteiger partial charge < -0.3 is 4.55 Å². The van der Waals surface area contributed by atoms with Crippen LogP contribution < -0.4 is 29.6 Å². The third-order valence-electron chi connectivity index (χ3n) is 1.93. The molecule has 0 aliphatic rings. The molecule has 0 aliphatic heterocycles. The fourth-order valence-corrected chi connectivity index (χ4v) is 2.39. The first-order chi connectivity index (χ1) is 7.11. The van der Waals surface area contributed by atoms with Crippen molar-refractivity contribution in [1.29, 1.82) is 0 Å². The molecule has 78 valence electrons. The Balaban J connectivity index is 0.00000128. The molecule has 16 heavy (non-hydrogen) atoms. The number of halogens is 2. The van der Waals surface area contributed by atoms with Crippen LogP contribution in [0.15, 0.2) is 29.3 Å². The molecule has 1 atom stereocenters. The maximum Gasteiger partial charge on any atom is 1.00 e. The van der Waals surface area contributed by atoms with Crippen LogP contribution in [0.4, 0.5) is 0 Å². The number of fused-ring (bicyclic) bond motifs is 1. The minimum absolute atomic E-state index is 0. The van der Waals surface area contributed by atoms with Gasteiger partial charge in [-0.3, -0.25) is 9.19 Å². The van der Waals surface area contributed by atoms with Crippen LogP contribution >= 0.6 is 23.2 Å². The van der Waals surface area contributed by atoms with Crippen molar-refractivity contribution < 1.29 is 38.3 Å². The summed E-state index contributed by atoms with van der Waals surface area (Å²) in [6.07, 6.45) is 1.44. The van der Waals surface area contributed by atoms with Crippen molar-refractivity contribution in [1.82, 2.24) is 4.98 Å². The van der Waals surface area contributed by atoms with E-state index < -0.39 is 11.1 Å². The summed E-state index contributed by atoms with van der Waals surface area (Å²) >= 11 is 9.25. The van der Waals surface area contributed by atoms with Gasteiger partial charge in [0.2, 0.25) is 0 Å². The molecule has 0 saturated carbocycles. The number of aromatic nitrogens is 1. The van der Waals surface area contributed by atoms with Gasteiger partial charge in [-0.05, 0) is 29.3 Å². The molecule has 0 aliphatic carbocycles. The van der Waals surface area contributed by atoms with Crippen LogP contribution in [0.1, 0.15) is 0 Å².